The average Bonchev–Trinajstić information content (AvgIpc) is 2.28. The highest BCUT2D eigenvalue weighted by molar-refractivity contribution is 8.00. The van der Waals surface area contributed by atoms with Crippen LogP contribution in [0, 0.1) is 11.3 Å². The molecule has 0 fully saturated rings. The summed E-state index contributed by atoms with van der Waals surface area (Å²) in [7, 11) is -2.45. The Morgan fingerprint density at radius 3 is 2.79 bits per heavy atom. The molecule has 74 valence electrons. The second kappa shape index (κ2) is 4.44. The van der Waals surface area contributed by atoms with Gasteiger partial charge in [-0.2, -0.15) is 9.03 Å². The molecule has 1 atom stereocenters. The Labute approximate surface area is 88.7 Å². The van der Waals surface area contributed by atoms with E-state index in [1.807, 2.05) is 6.07 Å². The second-order valence-electron chi connectivity index (χ2n) is 2.50. The fourth-order valence-corrected chi connectivity index (χ4v) is 2.58. The molecular formula is C8H9N3OS2. The van der Waals surface area contributed by atoms with Crippen LogP contribution >= 0.6 is 12.8 Å². The molecule has 1 aromatic rings. The third-order valence-electron chi connectivity index (χ3n) is 1.74. The molecule has 0 aliphatic rings. The second-order valence-corrected chi connectivity index (χ2v) is 5.48. The zero-order valence-electron chi connectivity index (χ0n) is 7.54. The van der Waals surface area contributed by atoms with Gasteiger partial charge in [0, 0.05) is 11.9 Å². The molecule has 1 heterocycles. The van der Waals surface area contributed by atoms with Gasteiger partial charge in [0.2, 0.25) is 0 Å². The predicted molar refractivity (Wildman–Crippen MR) is 57.3 cm³/mol. The van der Waals surface area contributed by atoms with E-state index in [1.165, 1.54) is 12.3 Å². The van der Waals surface area contributed by atoms with Crippen molar-refractivity contribution in [1.29, 1.82) is 5.26 Å². The zero-order valence-corrected chi connectivity index (χ0v) is 9.26. The maximum atomic E-state index is 12.0. The highest BCUT2D eigenvalue weighted by Gasteiger charge is 2.09. The molecule has 0 saturated heterocycles. The Morgan fingerprint density at radius 1 is 1.71 bits per heavy atom. The number of rotatable bonds is 2. The van der Waals surface area contributed by atoms with Crippen molar-refractivity contribution in [3.8, 4) is 6.07 Å². The number of thiol groups is 1. The molecule has 0 radical (unpaired) electrons. The van der Waals surface area contributed by atoms with Gasteiger partial charge in [0.05, 0.1) is 14.6 Å². The maximum absolute atomic E-state index is 12.0. The number of nitrogens with zero attached hydrogens (tertiary/aromatic N) is 3. The van der Waals surface area contributed by atoms with Crippen LogP contribution in [-0.2, 0) is 9.73 Å². The van der Waals surface area contributed by atoms with E-state index in [0.29, 0.717) is 16.3 Å². The van der Waals surface area contributed by atoms with E-state index >= 15 is 0 Å². The summed E-state index contributed by atoms with van der Waals surface area (Å²) in [6.07, 6.45) is 1.41. The highest BCUT2D eigenvalue weighted by Crippen LogP contribution is 2.13. The van der Waals surface area contributed by atoms with Crippen LogP contribution in [0.25, 0.3) is 0 Å². The minimum atomic E-state index is -2.45. The maximum Gasteiger partial charge on any atom is 0.140 e. The quantitative estimate of drug-likeness (QED) is 0.781. The summed E-state index contributed by atoms with van der Waals surface area (Å²) < 4.78 is 15.5. The highest BCUT2D eigenvalue weighted by atomic mass is 32.2. The van der Waals surface area contributed by atoms with Gasteiger partial charge in [-0.1, -0.05) is 6.92 Å². The number of nitriles is 1. The van der Waals surface area contributed by atoms with Gasteiger partial charge in [-0.15, -0.1) is 0 Å². The average molecular weight is 227 g/mol. The van der Waals surface area contributed by atoms with Crippen LogP contribution in [0.4, 0.5) is 0 Å². The lowest BCUT2D eigenvalue weighted by atomic mass is 10.4. The number of aromatic nitrogens is 1. The fraction of sp³-hybridized carbons (Fsp3) is 0.250. The van der Waals surface area contributed by atoms with Gasteiger partial charge in [-0.3, -0.25) is 0 Å². The summed E-state index contributed by atoms with van der Waals surface area (Å²) in [4.78, 5) is 4.33. The molecule has 1 aromatic heterocycles. The molecule has 1 rings (SSSR count). The van der Waals surface area contributed by atoms with E-state index in [9.17, 15) is 4.21 Å². The monoisotopic (exact) mass is 227 g/mol. The van der Waals surface area contributed by atoms with E-state index in [0.717, 1.165) is 0 Å². The Kier molecular flexibility index (Phi) is 3.49. The lowest BCUT2D eigenvalue weighted by Gasteiger charge is -2.04. The predicted octanol–water partition coefficient (Wildman–Crippen LogP) is 1.64. The molecule has 0 bridgehead atoms. The molecule has 0 amide bonds. The van der Waals surface area contributed by atoms with Crippen molar-refractivity contribution < 1.29 is 4.21 Å². The zero-order chi connectivity index (χ0) is 10.6. The Balaban J connectivity index is 3.24. The van der Waals surface area contributed by atoms with E-state index in [1.54, 1.807) is 13.0 Å². The first-order valence-corrected chi connectivity index (χ1v) is 5.99. The first-order valence-electron chi connectivity index (χ1n) is 3.90. The van der Waals surface area contributed by atoms with Crippen molar-refractivity contribution in [3.05, 3.63) is 24.0 Å². The summed E-state index contributed by atoms with van der Waals surface area (Å²) in [5.41, 5.74) is 0.297. The van der Waals surface area contributed by atoms with Gasteiger partial charge < -0.3 is 0 Å². The lowest BCUT2D eigenvalue weighted by Crippen LogP contribution is -2.03. The minimum Gasteiger partial charge on any atom is -0.244 e. The van der Waals surface area contributed by atoms with Crippen molar-refractivity contribution in [3.63, 3.8) is 0 Å². The molecule has 1 unspecified atom stereocenters. The molecule has 6 heteroatoms. The molecule has 0 aromatic carbocycles. The molecule has 0 saturated carbocycles. The van der Waals surface area contributed by atoms with E-state index < -0.39 is 9.73 Å². The summed E-state index contributed by atoms with van der Waals surface area (Å²) >= 11 is 3.70. The van der Waals surface area contributed by atoms with Gasteiger partial charge in [0.25, 0.3) is 0 Å². The summed E-state index contributed by atoms with van der Waals surface area (Å²) in [5, 5.41) is 8.52. The third-order valence-corrected chi connectivity index (χ3v) is 4.56. The number of hydrogen-bond donors (Lipinski definition) is 1. The van der Waals surface area contributed by atoms with Gasteiger partial charge in [-0.05, 0) is 24.9 Å². The van der Waals surface area contributed by atoms with Gasteiger partial charge in [-0.25, -0.2) is 9.19 Å². The molecule has 0 aliphatic carbocycles. The third kappa shape index (κ3) is 2.05. The van der Waals surface area contributed by atoms with Crippen LogP contribution in [0.2, 0.25) is 0 Å². The fourth-order valence-electron chi connectivity index (χ4n) is 0.907. The summed E-state index contributed by atoms with van der Waals surface area (Å²) in [6.45, 7) is 1.76. The first-order chi connectivity index (χ1) is 6.66. The topological polar surface area (TPSA) is 66.1 Å². The van der Waals surface area contributed by atoms with Gasteiger partial charge in [0.15, 0.2) is 0 Å². The standard InChI is InChI=1S/C8H9N3OS2/c1-2-14(12,11-13)8-4-3-7(5-9)10-6-8/h3-4,6,13H,2H2,1H3. The van der Waals surface area contributed by atoms with Crippen LogP contribution < -0.4 is 0 Å². The van der Waals surface area contributed by atoms with E-state index in [2.05, 4.69) is 21.6 Å². The Morgan fingerprint density at radius 2 is 2.43 bits per heavy atom. The van der Waals surface area contributed by atoms with Crippen molar-refractivity contribution in [2.75, 3.05) is 5.75 Å². The van der Waals surface area contributed by atoms with Crippen LogP contribution in [-0.4, -0.2) is 14.9 Å². The van der Waals surface area contributed by atoms with Crippen LogP contribution in [0.5, 0.6) is 0 Å². The Bertz CT molecular complexity index is 466. The molecular weight excluding hydrogens is 218 g/mol. The molecule has 4 nitrogen and oxygen atoms in total. The largest absolute Gasteiger partial charge is 0.244 e. The van der Waals surface area contributed by atoms with Crippen LogP contribution in [0.3, 0.4) is 0 Å². The molecule has 14 heavy (non-hydrogen) atoms. The summed E-state index contributed by atoms with van der Waals surface area (Å²) in [5.74, 6) is 0.379. The minimum absolute atomic E-state index is 0.297. The molecule has 0 aliphatic heterocycles. The van der Waals surface area contributed by atoms with Gasteiger partial charge in [0.1, 0.15) is 11.8 Å². The van der Waals surface area contributed by atoms with E-state index in [4.69, 9.17) is 5.26 Å². The first kappa shape index (κ1) is 11.0. The summed E-state index contributed by atoms with van der Waals surface area (Å²) in [6, 6.07) is 5.00. The lowest BCUT2D eigenvalue weighted by molar-refractivity contribution is 0.678. The van der Waals surface area contributed by atoms with Crippen molar-refractivity contribution in [1.82, 2.24) is 4.98 Å². The van der Waals surface area contributed by atoms with Crippen LogP contribution in [0.15, 0.2) is 27.0 Å². The van der Waals surface area contributed by atoms with Gasteiger partial charge >= 0.3 is 0 Å². The smallest absolute Gasteiger partial charge is 0.140 e. The van der Waals surface area contributed by atoms with Crippen LogP contribution in [0.1, 0.15) is 12.6 Å². The van der Waals surface area contributed by atoms with Crippen molar-refractivity contribution in [2.24, 2.45) is 3.77 Å². The SMILES string of the molecule is CCS(=O)(=NS)c1ccc(C#N)nc1. The molecule has 0 N–H and O–H groups in total. The normalized spacial score (nSPS) is 14.1. The Hall–Kier alpha value is -1.06. The number of pyridine rings is 1. The van der Waals surface area contributed by atoms with Crippen molar-refractivity contribution in [2.45, 2.75) is 11.8 Å². The number of hydrogen-bond acceptors (Lipinski definition) is 4. The van der Waals surface area contributed by atoms with E-state index in [-0.39, 0.29) is 0 Å². The van der Waals surface area contributed by atoms with Crippen molar-refractivity contribution >= 4 is 22.5 Å². The molecule has 0 spiro atoms.